The topological polar surface area (TPSA) is 62.4 Å². The number of H-pyrrole nitrogens is 1. The SMILES string of the molecule is COc1ccccc1N(Cc1cc2cccc(C)c2[nH]c1=O)C(=O)c1ccc(Cl)cc1. The number of benzene rings is 3. The van der Waals surface area contributed by atoms with E-state index in [1.165, 1.54) is 0 Å². The summed E-state index contributed by atoms with van der Waals surface area (Å²) >= 11 is 5.99. The van der Waals surface area contributed by atoms with Gasteiger partial charge in [0.05, 0.1) is 24.9 Å². The van der Waals surface area contributed by atoms with Gasteiger partial charge in [-0.2, -0.15) is 0 Å². The Bertz CT molecular complexity index is 1310. The van der Waals surface area contributed by atoms with Gasteiger partial charge < -0.3 is 14.6 Å². The third kappa shape index (κ3) is 4.18. The van der Waals surface area contributed by atoms with Crippen LogP contribution in [0.1, 0.15) is 21.5 Å². The molecule has 5 nitrogen and oxygen atoms in total. The molecule has 0 radical (unpaired) electrons. The Balaban J connectivity index is 1.82. The Morgan fingerprint density at radius 1 is 1.03 bits per heavy atom. The average molecular weight is 433 g/mol. The molecule has 4 aromatic rings. The number of anilines is 1. The summed E-state index contributed by atoms with van der Waals surface area (Å²) in [5.41, 5.74) is 3.07. The number of aromatic nitrogens is 1. The molecule has 0 spiro atoms. The number of halogens is 1. The van der Waals surface area contributed by atoms with Gasteiger partial charge in [-0.25, -0.2) is 0 Å². The number of para-hydroxylation sites is 3. The maximum Gasteiger partial charge on any atom is 0.258 e. The Morgan fingerprint density at radius 3 is 2.52 bits per heavy atom. The highest BCUT2D eigenvalue weighted by Crippen LogP contribution is 2.30. The highest BCUT2D eigenvalue weighted by molar-refractivity contribution is 6.30. The zero-order valence-corrected chi connectivity index (χ0v) is 17.9. The van der Waals surface area contributed by atoms with Crippen molar-refractivity contribution in [1.82, 2.24) is 4.98 Å². The van der Waals surface area contributed by atoms with Crippen molar-refractivity contribution in [1.29, 1.82) is 0 Å². The van der Waals surface area contributed by atoms with Gasteiger partial charge in [-0.1, -0.05) is 41.9 Å². The molecule has 1 aromatic heterocycles. The molecule has 6 heteroatoms. The molecule has 3 aromatic carbocycles. The van der Waals surface area contributed by atoms with Crippen LogP contribution in [0.2, 0.25) is 5.02 Å². The standard InChI is InChI=1S/C25H21ClN2O3/c1-16-6-5-7-18-14-19(24(29)27-23(16)18)15-28(21-8-3-4-9-22(21)31-2)25(30)17-10-12-20(26)13-11-17/h3-14H,15H2,1-2H3,(H,27,29). The second-order valence-corrected chi connectivity index (χ2v) is 7.67. The zero-order chi connectivity index (χ0) is 22.0. The van der Waals surface area contributed by atoms with Crippen molar-refractivity contribution in [2.75, 3.05) is 12.0 Å². The van der Waals surface area contributed by atoms with E-state index in [1.54, 1.807) is 48.4 Å². The normalized spacial score (nSPS) is 10.8. The van der Waals surface area contributed by atoms with E-state index in [2.05, 4.69) is 4.98 Å². The Labute approximate surface area is 184 Å². The number of pyridine rings is 1. The lowest BCUT2D eigenvalue weighted by Gasteiger charge is -2.25. The number of fused-ring (bicyclic) bond motifs is 1. The van der Waals surface area contributed by atoms with Gasteiger partial charge in [-0.3, -0.25) is 9.59 Å². The maximum absolute atomic E-state index is 13.5. The smallest absolute Gasteiger partial charge is 0.258 e. The summed E-state index contributed by atoms with van der Waals surface area (Å²) in [6, 6.07) is 21.6. The summed E-state index contributed by atoms with van der Waals surface area (Å²) in [6.45, 7) is 2.03. The van der Waals surface area contributed by atoms with Crippen LogP contribution in [0.15, 0.2) is 77.6 Å². The largest absolute Gasteiger partial charge is 0.495 e. The minimum Gasteiger partial charge on any atom is -0.495 e. The molecule has 0 aliphatic heterocycles. The number of carbonyl (C=O) groups is 1. The van der Waals surface area contributed by atoms with Crippen molar-refractivity contribution in [2.45, 2.75) is 13.5 Å². The summed E-state index contributed by atoms with van der Waals surface area (Å²) < 4.78 is 5.48. The highest BCUT2D eigenvalue weighted by atomic mass is 35.5. The van der Waals surface area contributed by atoms with Crippen molar-refractivity contribution in [3.05, 3.63) is 105 Å². The molecule has 0 saturated heterocycles. The Morgan fingerprint density at radius 2 is 1.77 bits per heavy atom. The predicted molar refractivity (Wildman–Crippen MR) is 124 cm³/mol. The quantitative estimate of drug-likeness (QED) is 0.462. The van der Waals surface area contributed by atoms with Crippen molar-refractivity contribution < 1.29 is 9.53 Å². The number of aryl methyl sites for hydroxylation is 1. The first-order chi connectivity index (χ1) is 15.0. The van der Waals surface area contributed by atoms with Crippen molar-refractivity contribution >= 4 is 34.1 Å². The first-order valence-electron chi connectivity index (χ1n) is 9.80. The van der Waals surface area contributed by atoms with Gasteiger partial charge in [0.1, 0.15) is 5.75 Å². The highest BCUT2D eigenvalue weighted by Gasteiger charge is 2.22. The van der Waals surface area contributed by atoms with Crippen molar-refractivity contribution in [3.63, 3.8) is 0 Å². The number of rotatable bonds is 5. The van der Waals surface area contributed by atoms with Gasteiger partial charge in [0.2, 0.25) is 0 Å². The van der Waals surface area contributed by atoms with E-state index in [1.807, 2.05) is 43.3 Å². The van der Waals surface area contributed by atoms with E-state index in [0.29, 0.717) is 27.6 Å². The Hall–Kier alpha value is -3.57. The van der Waals surface area contributed by atoms with E-state index in [9.17, 15) is 9.59 Å². The number of nitrogens with zero attached hydrogens (tertiary/aromatic N) is 1. The molecular formula is C25H21ClN2O3. The molecular weight excluding hydrogens is 412 g/mol. The van der Waals surface area contributed by atoms with Crippen LogP contribution in [0.5, 0.6) is 5.75 Å². The van der Waals surface area contributed by atoms with E-state index in [-0.39, 0.29) is 18.0 Å². The predicted octanol–water partition coefficient (Wildman–Crippen LogP) is 5.35. The maximum atomic E-state index is 13.5. The number of amides is 1. The Kier molecular flexibility index (Phi) is 5.78. The molecule has 0 aliphatic carbocycles. The molecule has 31 heavy (non-hydrogen) atoms. The molecule has 1 heterocycles. The molecule has 0 atom stereocenters. The van der Waals surface area contributed by atoms with E-state index in [4.69, 9.17) is 16.3 Å². The third-order valence-electron chi connectivity index (χ3n) is 5.21. The second-order valence-electron chi connectivity index (χ2n) is 7.23. The van der Waals surface area contributed by atoms with Crippen molar-refractivity contribution in [2.24, 2.45) is 0 Å². The molecule has 0 fully saturated rings. The monoisotopic (exact) mass is 432 g/mol. The van der Waals surface area contributed by atoms with Crippen LogP contribution in [0.4, 0.5) is 5.69 Å². The van der Waals surface area contributed by atoms with Gasteiger partial charge in [0.25, 0.3) is 11.5 Å². The van der Waals surface area contributed by atoms with E-state index < -0.39 is 0 Å². The molecule has 4 rings (SSSR count). The number of hydrogen-bond donors (Lipinski definition) is 1. The third-order valence-corrected chi connectivity index (χ3v) is 5.46. The second kappa shape index (κ2) is 8.66. The van der Waals surface area contributed by atoms with Crippen LogP contribution in [0.3, 0.4) is 0 Å². The zero-order valence-electron chi connectivity index (χ0n) is 17.2. The van der Waals surface area contributed by atoms with Crippen LogP contribution < -0.4 is 15.2 Å². The number of nitrogens with one attached hydrogen (secondary N) is 1. The van der Waals surface area contributed by atoms with Gasteiger partial charge in [-0.05, 0) is 60.3 Å². The first-order valence-corrected chi connectivity index (χ1v) is 10.2. The van der Waals surface area contributed by atoms with Gasteiger partial charge in [0, 0.05) is 16.1 Å². The van der Waals surface area contributed by atoms with E-state index >= 15 is 0 Å². The van der Waals surface area contributed by atoms with Crippen LogP contribution in [0, 0.1) is 6.92 Å². The molecule has 0 unspecified atom stereocenters. The number of hydrogen-bond acceptors (Lipinski definition) is 3. The lowest BCUT2D eigenvalue weighted by atomic mass is 10.1. The van der Waals surface area contributed by atoms with Gasteiger partial charge in [-0.15, -0.1) is 0 Å². The summed E-state index contributed by atoms with van der Waals surface area (Å²) in [5.74, 6) is 0.280. The molecule has 1 N–H and O–H groups in total. The summed E-state index contributed by atoms with van der Waals surface area (Å²) in [6.07, 6.45) is 0. The van der Waals surface area contributed by atoms with Crippen molar-refractivity contribution in [3.8, 4) is 5.75 Å². The molecule has 1 amide bonds. The fourth-order valence-electron chi connectivity index (χ4n) is 3.58. The molecule has 0 bridgehead atoms. The number of aromatic amines is 1. The van der Waals surface area contributed by atoms with Gasteiger partial charge >= 0.3 is 0 Å². The minimum absolute atomic E-state index is 0.0844. The van der Waals surface area contributed by atoms with Crippen LogP contribution in [0.25, 0.3) is 10.9 Å². The molecule has 0 aliphatic rings. The van der Waals surface area contributed by atoms with Crippen LogP contribution in [-0.2, 0) is 6.54 Å². The summed E-state index contributed by atoms with van der Waals surface area (Å²) in [7, 11) is 1.55. The fraction of sp³-hybridized carbons (Fsp3) is 0.120. The van der Waals surface area contributed by atoms with Crippen LogP contribution >= 0.6 is 11.6 Å². The fourth-order valence-corrected chi connectivity index (χ4v) is 3.71. The summed E-state index contributed by atoms with van der Waals surface area (Å²) in [5, 5.41) is 1.45. The lowest BCUT2D eigenvalue weighted by Crippen LogP contribution is -2.33. The number of ether oxygens (including phenoxy) is 1. The number of carbonyl (C=O) groups excluding carboxylic acids is 1. The molecule has 156 valence electrons. The molecule has 0 saturated carbocycles. The summed E-state index contributed by atoms with van der Waals surface area (Å²) in [4.78, 5) is 30.8. The lowest BCUT2D eigenvalue weighted by molar-refractivity contribution is 0.0984. The first kappa shape index (κ1) is 20.7. The van der Waals surface area contributed by atoms with E-state index in [0.717, 1.165) is 16.5 Å². The average Bonchev–Trinajstić information content (AvgIpc) is 2.78. The van der Waals surface area contributed by atoms with Gasteiger partial charge in [0.15, 0.2) is 0 Å². The van der Waals surface area contributed by atoms with Crippen LogP contribution in [-0.4, -0.2) is 18.0 Å². The minimum atomic E-state index is -0.259. The number of methoxy groups -OCH3 is 1.